The molecule has 2 atom stereocenters. The highest BCUT2D eigenvalue weighted by Gasteiger charge is 2.30. The maximum Gasteiger partial charge on any atom is 0.246 e. The van der Waals surface area contributed by atoms with Crippen LogP contribution in [0.25, 0.3) is 11.1 Å². The number of aryl methyl sites for hydroxylation is 1. The minimum absolute atomic E-state index is 0.0921. The Balaban J connectivity index is 1.83. The molecule has 4 N–H and O–H groups in total. The van der Waals surface area contributed by atoms with E-state index in [1.54, 1.807) is 44.2 Å². The largest absolute Gasteiger partial charge is 0.508 e. The number of amides is 2. The summed E-state index contributed by atoms with van der Waals surface area (Å²) >= 11 is 1.59. The van der Waals surface area contributed by atoms with Crippen LogP contribution >= 0.6 is 11.8 Å². The molecular formula is C32H37N3O7S. The number of anilines is 2. The summed E-state index contributed by atoms with van der Waals surface area (Å²) < 4.78 is 17.1. The predicted octanol–water partition coefficient (Wildman–Crippen LogP) is 4.74. The smallest absolute Gasteiger partial charge is 0.246 e. The van der Waals surface area contributed by atoms with E-state index in [-0.39, 0.29) is 28.7 Å². The first-order valence-corrected chi connectivity index (χ1v) is 15.2. The standard InChI is InChI=1S/C32H37N3O7S/c1-18(36)33-24-12-6-19-16-28(40-2)30(41-3)31(42-4)29(19)22-11-13-25(27(38)17-23(22)24)35-26(14-15-43-5)32(39)34-20-7-9-21(37)10-8-20/h7-11,13,16-17,24,26,37H,6,12,14-15H2,1-5H3,(H,33,36)(H,34,39)(H,35,38). The van der Waals surface area contributed by atoms with Crippen LogP contribution in [-0.2, 0) is 16.0 Å². The average Bonchev–Trinajstić information content (AvgIpc) is 3.23. The summed E-state index contributed by atoms with van der Waals surface area (Å²) in [5.41, 5.74) is 3.43. The number of aromatic hydroxyl groups is 1. The van der Waals surface area contributed by atoms with E-state index in [0.717, 1.165) is 11.1 Å². The van der Waals surface area contributed by atoms with Gasteiger partial charge in [-0.3, -0.25) is 14.4 Å². The Labute approximate surface area is 255 Å². The minimum Gasteiger partial charge on any atom is -0.508 e. The molecule has 3 aromatic rings. The van der Waals surface area contributed by atoms with Gasteiger partial charge in [0.1, 0.15) is 11.8 Å². The van der Waals surface area contributed by atoms with Crippen LogP contribution in [0.4, 0.5) is 11.4 Å². The minimum atomic E-state index is -0.714. The molecule has 0 bridgehead atoms. The Morgan fingerprint density at radius 3 is 2.37 bits per heavy atom. The summed E-state index contributed by atoms with van der Waals surface area (Å²) in [5.74, 6) is 1.64. The Bertz CT molecular complexity index is 1550. The van der Waals surface area contributed by atoms with Gasteiger partial charge in [0.25, 0.3) is 0 Å². The van der Waals surface area contributed by atoms with Gasteiger partial charge in [-0.2, -0.15) is 11.8 Å². The number of carbonyl (C=O) groups is 2. The lowest BCUT2D eigenvalue weighted by atomic mass is 9.95. The van der Waals surface area contributed by atoms with Crippen molar-refractivity contribution in [3.63, 3.8) is 0 Å². The number of hydrogen-bond donors (Lipinski definition) is 4. The van der Waals surface area contributed by atoms with E-state index in [9.17, 15) is 19.5 Å². The van der Waals surface area contributed by atoms with Crippen molar-refractivity contribution in [1.82, 2.24) is 5.32 Å². The van der Waals surface area contributed by atoms with Crippen LogP contribution in [0.15, 0.2) is 53.3 Å². The fraction of sp³-hybridized carbons (Fsp3) is 0.344. The number of methoxy groups -OCH3 is 3. The molecule has 0 fully saturated rings. The second-order valence-corrected chi connectivity index (χ2v) is 11.1. The van der Waals surface area contributed by atoms with Crippen LogP contribution in [0, 0.1) is 0 Å². The average molecular weight is 608 g/mol. The summed E-state index contributed by atoms with van der Waals surface area (Å²) in [4.78, 5) is 39.3. The van der Waals surface area contributed by atoms with E-state index in [1.165, 1.54) is 32.2 Å². The number of phenolic OH excluding ortho intramolecular Hbond substituents is 1. The molecule has 1 aliphatic carbocycles. The van der Waals surface area contributed by atoms with Gasteiger partial charge in [0.2, 0.25) is 23.0 Å². The molecule has 0 radical (unpaired) electrons. The monoisotopic (exact) mass is 607 g/mol. The molecule has 0 heterocycles. The maximum atomic E-state index is 13.7. The number of nitrogens with one attached hydrogen (secondary N) is 3. The van der Waals surface area contributed by atoms with Crippen molar-refractivity contribution >= 4 is 35.0 Å². The van der Waals surface area contributed by atoms with Crippen LogP contribution in [0.3, 0.4) is 0 Å². The van der Waals surface area contributed by atoms with Crippen molar-refractivity contribution in [3.8, 4) is 34.1 Å². The Kier molecular flexibility index (Phi) is 10.4. The van der Waals surface area contributed by atoms with Crippen LogP contribution in [0.1, 0.15) is 36.9 Å². The third-order valence-electron chi connectivity index (χ3n) is 7.31. The lowest BCUT2D eigenvalue weighted by Gasteiger charge is -2.19. The van der Waals surface area contributed by atoms with Crippen LogP contribution in [0.2, 0.25) is 0 Å². The van der Waals surface area contributed by atoms with Gasteiger partial charge in [0, 0.05) is 18.2 Å². The number of ether oxygens (including phenoxy) is 3. The van der Waals surface area contributed by atoms with Gasteiger partial charge < -0.3 is 35.3 Å². The van der Waals surface area contributed by atoms with Gasteiger partial charge in [-0.1, -0.05) is 6.07 Å². The molecule has 0 aromatic heterocycles. The second-order valence-electron chi connectivity index (χ2n) is 10.1. The molecule has 3 aromatic carbocycles. The normalized spacial score (nSPS) is 14.3. The summed E-state index contributed by atoms with van der Waals surface area (Å²) in [6.07, 6.45) is 3.54. The molecular weight excluding hydrogens is 570 g/mol. The van der Waals surface area contributed by atoms with E-state index in [4.69, 9.17) is 14.2 Å². The quantitative estimate of drug-likeness (QED) is 0.228. The first-order valence-electron chi connectivity index (χ1n) is 13.8. The van der Waals surface area contributed by atoms with Gasteiger partial charge in [0.05, 0.1) is 33.1 Å². The molecule has 0 saturated heterocycles. The highest BCUT2D eigenvalue weighted by atomic mass is 32.2. The first-order chi connectivity index (χ1) is 20.7. The molecule has 2 unspecified atom stereocenters. The number of fused-ring (bicyclic) bond motifs is 3. The Morgan fingerprint density at radius 1 is 1.02 bits per heavy atom. The fourth-order valence-corrected chi connectivity index (χ4v) is 5.76. The SMILES string of the molecule is COc1cc2c(c(OC)c1OC)-c1ccc(NC(CCSC)C(=O)Nc3ccc(O)cc3)c(=O)cc1C(NC(C)=O)CC2. The molecule has 0 aliphatic heterocycles. The molecule has 2 amide bonds. The zero-order chi connectivity index (χ0) is 31.1. The molecule has 43 heavy (non-hydrogen) atoms. The van der Waals surface area contributed by atoms with Crippen LogP contribution < -0.4 is 35.6 Å². The molecule has 11 heteroatoms. The summed E-state index contributed by atoms with van der Waals surface area (Å²) in [5, 5.41) is 18.6. The number of phenols is 1. The molecule has 0 spiro atoms. The second kappa shape index (κ2) is 14.2. The van der Waals surface area contributed by atoms with Crippen molar-refractivity contribution in [2.75, 3.05) is 44.0 Å². The summed E-state index contributed by atoms with van der Waals surface area (Å²) in [7, 11) is 4.64. The van der Waals surface area contributed by atoms with Crippen molar-refractivity contribution in [3.05, 3.63) is 69.9 Å². The van der Waals surface area contributed by atoms with E-state index in [1.807, 2.05) is 18.4 Å². The molecule has 4 rings (SSSR count). The molecule has 0 saturated carbocycles. The summed E-state index contributed by atoms with van der Waals surface area (Å²) in [6, 6.07) is 11.9. The van der Waals surface area contributed by atoms with E-state index >= 15 is 0 Å². The Morgan fingerprint density at radius 2 is 1.74 bits per heavy atom. The highest BCUT2D eigenvalue weighted by molar-refractivity contribution is 7.98. The van der Waals surface area contributed by atoms with Gasteiger partial charge in [-0.05, 0) is 90.4 Å². The van der Waals surface area contributed by atoms with Crippen LogP contribution in [0.5, 0.6) is 23.0 Å². The lowest BCUT2D eigenvalue weighted by molar-refractivity contribution is -0.120. The van der Waals surface area contributed by atoms with E-state index < -0.39 is 12.1 Å². The van der Waals surface area contributed by atoms with Gasteiger partial charge in [-0.25, -0.2) is 0 Å². The number of hydrogen-bond acceptors (Lipinski definition) is 9. The molecule has 10 nitrogen and oxygen atoms in total. The zero-order valence-electron chi connectivity index (χ0n) is 24.9. The number of rotatable bonds is 11. The van der Waals surface area contributed by atoms with E-state index in [2.05, 4.69) is 16.0 Å². The number of thioether (sulfide) groups is 1. The topological polar surface area (TPSA) is 135 Å². The number of carbonyl (C=O) groups excluding carboxylic acids is 2. The third-order valence-corrected chi connectivity index (χ3v) is 7.95. The van der Waals surface area contributed by atoms with Crippen molar-refractivity contribution in [1.29, 1.82) is 0 Å². The van der Waals surface area contributed by atoms with Crippen molar-refractivity contribution in [2.24, 2.45) is 0 Å². The third kappa shape index (κ3) is 7.16. The summed E-state index contributed by atoms with van der Waals surface area (Å²) in [6.45, 7) is 1.45. The van der Waals surface area contributed by atoms with Gasteiger partial charge in [-0.15, -0.1) is 0 Å². The van der Waals surface area contributed by atoms with Crippen molar-refractivity contribution in [2.45, 2.75) is 38.3 Å². The highest BCUT2D eigenvalue weighted by Crippen LogP contribution is 2.50. The zero-order valence-corrected chi connectivity index (χ0v) is 25.7. The molecule has 228 valence electrons. The fourth-order valence-electron chi connectivity index (χ4n) is 5.29. The lowest BCUT2D eigenvalue weighted by Crippen LogP contribution is -2.36. The number of benzene rings is 2. The van der Waals surface area contributed by atoms with Crippen LogP contribution in [-0.4, -0.2) is 56.3 Å². The predicted molar refractivity (Wildman–Crippen MR) is 170 cm³/mol. The first kappa shape index (κ1) is 31.6. The van der Waals surface area contributed by atoms with E-state index in [0.29, 0.717) is 59.1 Å². The van der Waals surface area contributed by atoms with Gasteiger partial charge in [0.15, 0.2) is 11.5 Å². The van der Waals surface area contributed by atoms with Gasteiger partial charge >= 0.3 is 0 Å². The Hall–Kier alpha value is -4.38. The molecule has 1 aliphatic rings. The van der Waals surface area contributed by atoms with Crippen molar-refractivity contribution < 1.29 is 28.9 Å². The maximum absolute atomic E-state index is 13.7.